The molecular weight excluding hydrogens is 406 g/mol. The highest BCUT2D eigenvalue weighted by atomic mass is 16.5. The highest BCUT2D eigenvalue weighted by molar-refractivity contribution is 5.44. The summed E-state index contributed by atoms with van der Waals surface area (Å²) >= 11 is 0. The van der Waals surface area contributed by atoms with Gasteiger partial charge in [0.2, 0.25) is 0 Å². The lowest BCUT2D eigenvalue weighted by Gasteiger charge is -2.26. The number of nitrogens with two attached hydrogens (primary N) is 1. The van der Waals surface area contributed by atoms with E-state index in [1.807, 2.05) is 67.6 Å². The van der Waals surface area contributed by atoms with Crippen LogP contribution < -0.4 is 15.2 Å². The lowest BCUT2D eigenvalue weighted by atomic mass is 9.86. The van der Waals surface area contributed by atoms with Crippen LogP contribution in [-0.2, 0) is 5.54 Å². The van der Waals surface area contributed by atoms with E-state index in [1.165, 1.54) is 22.3 Å². The molecule has 0 atom stereocenters. The molecule has 4 rings (SSSR count). The molecule has 4 aromatic rings. The maximum absolute atomic E-state index is 6.76. The summed E-state index contributed by atoms with van der Waals surface area (Å²) in [6.45, 7) is 10.4. The number of rotatable bonds is 6. The molecule has 0 unspecified atom stereocenters. The van der Waals surface area contributed by atoms with Crippen LogP contribution in [-0.4, -0.2) is 0 Å². The molecule has 33 heavy (non-hydrogen) atoms. The van der Waals surface area contributed by atoms with E-state index in [-0.39, 0.29) is 0 Å². The standard InChI is InChI=1S/C30H31NO2/c1-20-6-12-28(18-22(20)3)32-26-14-8-24(9-15-26)30(5,31)25-10-16-27(17-11-25)33-29-13-7-21(2)23(4)19-29/h6-19H,31H2,1-5H3. The van der Waals surface area contributed by atoms with Gasteiger partial charge in [0.15, 0.2) is 0 Å². The molecule has 3 nitrogen and oxygen atoms in total. The molecule has 0 fully saturated rings. The minimum atomic E-state index is -0.641. The Hall–Kier alpha value is -3.56. The monoisotopic (exact) mass is 437 g/mol. The highest BCUT2D eigenvalue weighted by Crippen LogP contribution is 2.32. The van der Waals surface area contributed by atoms with E-state index in [0.717, 1.165) is 34.1 Å². The Labute approximate surface area is 196 Å². The van der Waals surface area contributed by atoms with Gasteiger partial charge in [-0.15, -0.1) is 0 Å². The molecule has 0 amide bonds. The van der Waals surface area contributed by atoms with E-state index in [4.69, 9.17) is 15.2 Å². The van der Waals surface area contributed by atoms with E-state index < -0.39 is 5.54 Å². The topological polar surface area (TPSA) is 44.5 Å². The Morgan fingerprint density at radius 3 is 1.15 bits per heavy atom. The Balaban J connectivity index is 1.47. The quantitative estimate of drug-likeness (QED) is 0.336. The van der Waals surface area contributed by atoms with E-state index in [2.05, 4.69) is 52.0 Å². The van der Waals surface area contributed by atoms with Gasteiger partial charge in [0.05, 0.1) is 5.54 Å². The molecule has 0 aromatic heterocycles. The molecule has 168 valence electrons. The van der Waals surface area contributed by atoms with Crippen LogP contribution in [0.25, 0.3) is 0 Å². The second-order valence-corrected chi connectivity index (χ2v) is 8.95. The van der Waals surface area contributed by atoms with Gasteiger partial charge in [-0.1, -0.05) is 36.4 Å². The van der Waals surface area contributed by atoms with Gasteiger partial charge in [-0.2, -0.15) is 0 Å². The third kappa shape index (κ3) is 5.10. The van der Waals surface area contributed by atoms with Crippen LogP contribution in [0.1, 0.15) is 40.3 Å². The van der Waals surface area contributed by atoms with Gasteiger partial charge in [-0.3, -0.25) is 0 Å². The molecule has 0 saturated carbocycles. The molecule has 4 aromatic carbocycles. The summed E-state index contributed by atoms with van der Waals surface area (Å²) in [6.07, 6.45) is 0. The smallest absolute Gasteiger partial charge is 0.127 e. The number of hydrogen-bond donors (Lipinski definition) is 1. The second kappa shape index (κ2) is 9.13. The van der Waals surface area contributed by atoms with E-state index in [0.29, 0.717) is 0 Å². The van der Waals surface area contributed by atoms with Gasteiger partial charge in [-0.05, 0) is 117 Å². The molecular formula is C30H31NO2. The van der Waals surface area contributed by atoms with Gasteiger partial charge in [-0.25, -0.2) is 0 Å². The summed E-state index contributed by atoms with van der Waals surface area (Å²) < 4.78 is 12.0. The van der Waals surface area contributed by atoms with Gasteiger partial charge in [0.25, 0.3) is 0 Å². The van der Waals surface area contributed by atoms with Crippen molar-refractivity contribution in [2.45, 2.75) is 40.2 Å². The zero-order valence-electron chi connectivity index (χ0n) is 20.0. The highest BCUT2D eigenvalue weighted by Gasteiger charge is 2.24. The number of hydrogen-bond acceptors (Lipinski definition) is 3. The summed E-state index contributed by atoms with van der Waals surface area (Å²) in [7, 11) is 0. The molecule has 0 spiro atoms. The first-order chi connectivity index (χ1) is 15.7. The van der Waals surface area contributed by atoms with E-state index >= 15 is 0 Å². The van der Waals surface area contributed by atoms with Crippen molar-refractivity contribution in [3.63, 3.8) is 0 Å². The third-order valence-corrected chi connectivity index (χ3v) is 6.34. The average Bonchev–Trinajstić information content (AvgIpc) is 2.80. The van der Waals surface area contributed by atoms with Gasteiger partial charge in [0, 0.05) is 0 Å². The molecule has 0 aliphatic carbocycles. The molecule has 0 aliphatic heterocycles. The second-order valence-electron chi connectivity index (χ2n) is 8.95. The number of benzene rings is 4. The largest absolute Gasteiger partial charge is 0.457 e. The lowest BCUT2D eigenvalue weighted by Crippen LogP contribution is -2.34. The fourth-order valence-electron chi connectivity index (χ4n) is 3.73. The van der Waals surface area contributed by atoms with Crippen molar-refractivity contribution in [3.05, 3.63) is 118 Å². The van der Waals surface area contributed by atoms with Gasteiger partial charge < -0.3 is 15.2 Å². The summed E-state index contributed by atoms with van der Waals surface area (Å²) in [4.78, 5) is 0. The molecule has 0 aliphatic rings. The van der Waals surface area contributed by atoms with Gasteiger partial charge in [0.1, 0.15) is 23.0 Å². The minimum Gasteiger partial charge on any atom is -0.457 e. The van der Waals surface area contributed by atoms with Crippen LogP contribution in [0.4, 0.5) is 0 Å². The Bertz CT molecular complexity index is 1160. The van der Waals surface area contributed by atoms with Crippen molar-refractivity contribution >= 4 is 0 Å². The molecule has 0 heterocycles. The van der Waals surface area contributed by atoms with Crippen LogP contribution in [0.2, 0.25) is 0 Å². The summed E-state index contributed by atoms with van der Waals surface area (Å²) in [5.41, 5.74) is 13.1. The molecule has 2 N–H and O–H groups in total. The maximum Gasteiger partial charge on any atom is 0.127 e. The van der Waals surface area contributed by atoms with Crippen molar-refractivity contribution in [1.82, 2.24) is 0 Å². The first-order valence-electron chi connectivity index (χ1n) is 11.2. The van der Waals surface area contributed by atoms with Crippen LogP contribution in [0.15, 0.2) is 84.9 Å². The van der Waals surface area contributed by atoms with Crippen molar-refractivity contribution in [2.24, 2.45) is 5.73 Å². The minimum absolute atomic E-state index is 0.641. The van der Waals surface area contributed by atoms with Crippen LogP contribution in [0.5, 0.6) is 23.0 Å². The van der Waals surface area contributed by atoms with E-state index in [1.54, 1.807) is 0 Å². The predicted octanol–water partition coefficient (Wildman–Crippen LogP) is 7.73. The first kappa shape index (κ1) is 22.6. The Morgan fingerprint density at radius 2 is 0.818 bits per heavy atom. The van der Waals surface area contributed by atoms with Crippen LogP contribution in [0.3, 0.4) is 0 Å². The molecule has 0 bridgehead atoms. The van der Waals surface area contributed by atoms with Crippen LogP contribution >= 0.6 is 0 Å². The molecule has 0 radical (unpaired) electrons. The fraction of sp³-hybridized carbons (Fsp3) is 0.200. The molecule has 3 heteroatoms. The SMILES string of the molecule is Cc1ccc(Oc2ccc(C(C)(N)c3ccc(Oc4ccc(C)c(C)c4)cc3)cc2)cc1C. The molecule has 0 saturated heterocycles. The zero-order valence-corrected chi connectivity index (χ0v) is 20.0. The van der Waals surface area contributed by atoms with Crippen molar-refractivity contribution < 1.29 is 9.47 Å². The lowest BCUT2D eigenvalue weighted by molar-refractivity contribution is 0.480. The Kier molecular flexibility index (Phi) is 6.26. The fourth-order valence-corrected chi connectivity index (χ4v) is 3.73. The normalized spacial score (nSPS) is 11.3. The van der Waals surface area contributed by atoms with Crippen molar-refractivity contribution in [3.8, 4) is 23.0 Å². The van der Waals surface area contributed by atoms with Crippen molar-refractivity contribution in [1.29, 1.82) is 0 Å². The van der Waals surface area contributed by atoms with Gasteiger partial charge >= 0.3 is 0 Å². The predicted molar refractivity (Wildman–Crippen MR) is 136 cm³/mol. The average molecular weight is 438 g/mol. The van der Waals surface area contributed by atoms with E-state index in [9.17, 15) is 0 Å². The first-order valence-corrected chi connectivity index (χ1v) is 11.2. The third-order valence-electron chi connectivity index (χ3n) is 6.34. The number of ether oxygens (including phenoxy) is 2. The van der Waals surface area contributed by atoms with Crippen molar-refractivity contribution in [2.75, 3.05) is 0 Å². The zero-order chi connectivity index (χ0) is 23.6. The summed E-state index contributed by atoms with van der Waals surface area (Å²) in [5, 5.41) is 0. The summed E-state index contributed by atoms with van der Waals surface area (Å²) in [6, 6.07) is 28.2. The Morgan fingerprint density at radius 1 is 0.485 bits per heavy atom. The summed E-state index contributed by atoms with van der Waals surface area (Å²) in [5.74, 6) is 3.24. The van der Waals surface area contributed by atoms with Crippen LogP contribution in [0, 0.1) is 27.7 Å². The maximum atomic E-state index is 6.76. The number of aryl methyl sites for hydroxylation is 4.